The van der Waals surface area contributed by atoms with Gasteiger partial charge in [0.15, 0.2) is 9.84 Å². The van der Waals surface area contributed by atoms with E-state index in [2.05, 4.69) is 4.98 Å². The first-order valence-corrected chi connectivity index (χ1v) is 9.78. The van der Waals surface area contributed by atoms with Gasteiger partial charge in [-0.25, -0.2) is 8.42 Å². The number of carbonyl (C=O) groups is 1. The van der Waals surface area contributed by atoms with Crippen LogP contribution in [0.4, 0.5) is 0 Å². The smallest absolute Gasteiger partial charge is 0.254 e. The first kappa shape index (κ1) is 16.7. The highest BCUT2D eigenvalue weighted by molar-refractivity contribution is 7.92. The molecule has 0 saturated carbocycles. The molecule has 0 aliphatic carbocycles. The summed E-state index contributed by atoms with van der Waals surface area (Å²) in [5, 5.41) is 0.458. The van der Waals surface area contributed by atoms with E-state index in [1.165, 1.54) is 19.2 Å². The van der Waals surface area contributed by atoms with Crippen molar-refractivity contribution in [2.24, 2.45) is 0 Å². The van der Waals surface area contributed by atoms with Crippen LogP contribution in [0.3, 0.4) is 0 Å². The van der Waals surface area contributed by atoms with Crippen LogP contribution in [-0.4, -0.2) is 49.7 Å². The predicted octanol–water partition coefficient (Wildman–Crippen LogP) is 2.47. The van der Waals surface area contributed by atoms with Crippen LogP contribution in [0.15, 0.2) is 59.6 Å². The van der Waals surface area contributed by atoms with Crippen LogP contribution in [0.2, 0.25) is 0 Å². The van der Waals surface area contributed by atoms with Crippen LogP contribution in [0.1, 0.15) is 10.4 Å². The van der Waals surface area contributed by atoms with E-state index in [1.54, 1.807) is 29.2 Å². The maximum absolute atomic E-state index is 12.7. The minimum absolute atomic E-state index is 0.150. The number of nitrogens with zero attached hydrogens (tertiary/aromatic N) is 1. The molecule has 0 bridgehead atoms. The second kappa shape index (κ2) is 6.17. The van der Waals surface area contributed by atoms with Crippen molar-refractivity contribution in [2.45, 2.75) is 10.1 Å². The van der Waals surface area contributed by atoms with Crippen LogP contribution < -0.4 is 4.74 Å². The van der Waals surface area contributed by atoms with E-state index in [-0.39, 0.29) is 23.9 Å². The molecule has 0 radical (unpaired) electrons. The molecule has 0 unspecified atom stereocenters. The lowest BCUT2D eigenvalue weighted by Crippen LogP contribution is -2.56. The summed E-state index contributed by atoms with van der Waals surface area (Å²) in [5.74, 6) is 0.455. The summed E-state index contributed by atoms with van der Waals surface area (Å²) in [4.78, 5) is 17.5. The van der Waals surface area contributed by atoms with Gasteiger partial charge in [-0.2, -0.15) is 0 Å². The Hall–Kier alpha value is -2.80. The van der Waals surface area contributed by atoms with Gasteiger partial charge >= 0.3 is 0 Å². The molecule has 1 aromatic heterocycles. The highest BCUT2D eigenvalue weighted by atomic mass is 32.2. The average Bonchev–Trinajstić information content (AvgIpc) is 3.07. The summed E-state index contributed by atoms with van der Waals surface area (Å²) >= 11 is 0. The van der Waals surface area contributed by atoms with Gasteiger partial charge in [0, 0.05) is 30.4 Å². The van der Waals surface area contributed by atoms with Crippen molar-refractivity contribution in [1.29, 1.82) is 0 Å². The van der Waals surface area contributed by atoms with Gasteiger partial charge in [-0.05, 0) is 47.9 Å². The van der Waals surface area contributed by atoms with Crippen molar-refractivity contribution in [3.8, 4) is 5.75 Å². The molecule has 26 heavy (non-hydrogen) atoms. The maximum atomic E-state index is 12.7. The van der Waals surface area contributed by atoms with E-state index in [0.717, 1.165) is 10.9 Å². The summed E-state index contributed by atoms with van der Waals surface area (Å²) in [6, 6.07) is 13.7. The number of sulfone groups is 1. The molecule has 4 rings (SSSR count). The predicted molar refractivity (Wildman–Crippen MR) is 98.2 cm³/mol. The summed E-state index contributed by atoms with van der Waals surface area (Å²) in [7, 11) is -1.93. The fourth-order valence-corrected chi connectivity index (χ4v) is 4.77. The van der Waals surface area contributed by atoms with Gasteiger partial charge < -0.3 is 14.6 Å². The minimum atomic E-state index is -3.46. The number of likely N-dealkylation sites (tertiary alicyclic amines) is 1. The fourth-order valence-electron chi connectivity index (χ4n) is 3.12. The Labute approximate surface area is 151 Å². The van der Waals surface area contributed by atoms with Gasteiger partial charge in [0.25, 0.3) is 5.91 Å². The van der Waals surface area contributed by atoms with Crippen LogP contribution >= 0.6 is 0 Å². The number of aromatic amines is 1. The van der Waals surface area contributed by atoms with E-state index < -0.39 is 15.1 Å². The topological polar surface area (TPSA) is 79.5 Å². The molecule has 1 aliphatic heterocycles. The normalized spacial score (nSPS) is 15.0. The fraction of sp³-hybridized carbons (Fsp3) is 0.211. The molecule has 3 aromatic rings. The number of ether oxygens (including phenoxy) is 1. The van der Waals surface area contributed by atoms with E-state index in [9.17, 15) is 13.2 Å². The number of nitrogens with one attached hydrogen (secondary N) is 1. The molecule has 1 saturated heterocycles. The average molecular weight is 370 g/mol. The van der Waals surface area contributed by atoms with Crippen molar-refractivity contribution in [2.75, 3.05) is 20.2 Å². The standard InChI is InChI=1S/C19H18N2O4S/c1-25-15-4-6-16(7-5-15)26(23,24)17-11-21(12-17)19(22)14-3-2-13-8-9-20-18(13)10-14/h2-10,17,20H,11-12H2,1H3. The lowest BCUT2D eigenvalue weighted by Gasteiger charge is -2.38. The zero-order chi connectivity index (χ0) is 18.3. The number of methoxy groups -OCH3 is 1. The van der Waals surface area contributed by atoms with Crippen LogP contribution in [0.25, 0.3) is 10.9 Å². The second-order valence-electron chi connectivity index (χ2n) is 6.33. The van der Waals surface area contributed by atoms with Crippen molar-refractivity contribution in [1.82, 2.24) is 9.88 Å². The number of rotatable bonds is 4. The summed E-state index contributed by atoms with van der Waals surface area (Å²) < 4.78 is 30.4. The van der Waals surface area contributed by atoms with Crippen molar-refractivity contribution in [3.05, 3.63) is 60.3 Å². The van der Waals surface area contributed by atoms with Gasteiger partial charge in [-0.15, -0.1) is 0 Å². The molecule has 1 fully saturated rings. The first-order chi connectivity index (χ1) is 12.5. The number of hydrogen-bond acceptors (Lipinski definition) is 4. The largest absolute Gasteiger partial charge is 0.497 e. The summed E-state index contributed by atoms with van der Waals surface area (Å²) in [5.41, 5.74) is 1.44. The van der Waals surface area contributed by atoms with Gasteiger partial charge in [-0.1, -0.05) is 6.07 Å². The molecule has 2 aromatic carbocycles. The molecule has 6 nitrogen and oxygen atoms in total. The zero-order valence-corrected chi connectivity index (χ0v) is 15.0. The number of aromatic nitrogens is 1. The molecular weight excluding hydrogens is 352 g/mol. The van der Waals surface area contributed by atoms with Gasteiger partial charge in [0.05, 0.1) is 12.0 Å². The summed E-state index contributed by atoms with van der Waals surface area (Å²) in [6.07, 6.45) is 1.82. The monoisotopic (exact) mass is 370 g/mol. The van der Waals surface area contributed by atoms with E-state index in [0.29, 0.717) is 11.3 Å². The number of H-pyrrole nitrogens is 1. The molecule has 1 amide bonds. The molecule has 1 N–H and O–H groups in total. The Bertz CT molecular complexity index is 1060. The van der Waals surface area contributed by atoms with E-state index >= 15 is 0 Å². The Kier molecular flexibility index (Phi) is 3.96. The number of carbonyl (C=O) groups excluding carboxylic acids is 1. The maximum Gasteiger partial charge on any atom is 0.254 e. The number of fused-ring (bicyclic) bond motifs is 1. The van der Waals surface area contributed by atoms with Crippen LogP contribution in [0.5, 0.6) is 5.75 Å². The van der Waals surface area contributed by atoms with Crippen LogP contribution in [0, 0.1) is 0 Å². The molecule has 7 heteroatoms. The molecular formula is C19H18N2O4S. The lowest BCUT2D eigenvalue weighted by atomic mass is 10.1. The van der Waals surface area contributed by atoms with Gasteiger partial charge in [0.2, 0.25) is 0 Å². The molecule has 0 spiro atoms. The highest BCUT2D eigenvalue weighted by Crippen LogP contribution is 2.27. The third-order valence-corrected chi connectivity index (χ3v) is 6.87. The number of amides is 1. The molecule has 0 atom stereocenters. The zero-order valence-electron chi connectivity index (χ0n) is 14.2. The van der Waals surface area contributed by atoms with Gasteiger partial charge in [0.1, 0.15) is 11.0 Å². The Morgan fingerprint density at radius 3 is 2.54 bits per heavy atom. The first-order valence-electron chi connectivity index (χ1n) is 8.23. The third kappa shape index (κ3) is 2.74. The van der Waals surface area contributed by atoms with Crippen molar-refractivity contribution < 1.29 is 17.9 Å². The third-order valence-electron chi connectivity index (χ3n) is 4.76. The second-order valence-corrected chi connectivity index (χ2v) is 8.56. The molecule has 134 valence electrons. The van der Waals surface area contributed by atoms with Crippen molar-refractivity contribution >= 4 is 26.6 Å². The Morgan fingerprint density at radius 2 is 1.85 bits per heavy atom. The minimum Gasteiger partial charge on any atom is -0.497 e. The quantitative estimate of drug-likeness (QED) is 0.765. The lowest BCUT2D eigenvalue weighted by molar-refractivity contribution is 0.0659. The van der Waals surface area contributed by atoms with Gasteiger partial charge in [-0.3, -0.25) is 4.79 Å². The number of benzene rings is 2. The molecule has 1 aliphatic rings. The SMILES string of the molecule is COc1ccc(S(=O)(=O)C2CN(C(=O)c3ccc4cc[nH]c4c3)C2)cc1. The number of hydrogen-bond donors (Lipinski definition) is 1. The Morgan fingerprint density at radius 1 is 1.12 bits per heavy atom. The van der Waals surface area contributed by atoms with E-state index in [1.807, 2.05) is 18.3 Å². The highest BCUT2D eigenvalue weighted by Gasteiger charge is 2.40. The van der Waals surface area contributed by atoms with E-state index in [4.69, 9.17) is 4.74 Å². The van der Waals surface area contributed by atoms with Crippen LogP contribution in [-0.2, 0) is 9.84 Å². The Balaban J connectivity index is 1.47. The summed E-state index contributed by atoms with van der Waals surface area (Å²) in [6.45, 7) is 0.409. The molecule has 2 heterocycles. The van der Waals surface area contributed by atoms with Crippen molar-refractivity contribution in [3.63, 3.8) is 0 Å².